The van der Waals surface area contributed by atoms with Gasteiger partial charge in [-0.15, -0.1) is 0 Å². The first-order valence-corrected chi connectivity index (χ1v) is 5.52. The van der Waals surface area contributed by atoms with Crippen LogP contribution in [-0.2, 0) is 9.53 Å². The standard InChI is InChI=1S/C11H22N2O2/c1-10(2,15-3)8-13-9(14)11(12)6-4-5-7-11/h4-8,12H2,1-3H3,(H,13,14). The predicted molar refractivity (Wildman–Crippen MR) is 59.5 cm³/mol. The molecule has 0 aromatic carbocycles. The quantitative estimate of drug-likeness (QED) is 0.727. The molecule has 1 saturated carbocycles. The fourth-order valence-corrected chi connectivity index (χ4v) is 1.77. The van der Waals surface area contributed by atoms with Gasteiger partial charge in [0.1, 0.15) is 0 Å². The van der Waals surface area contributed by atoms with Crippen molar-refractivity contribution in [2.75, 3.05) is 13.7 Å². The van der Waals surface area contributed by atoms with Crippen molar-refractivity contribution in [2.24, 2.45) is 5.73 Å². The van der Waals surface area contributed by atoms with E-state index in [0.717, 1.165) is 25.7 Å². The molecule has 0 bridgehead atoms. The molecule has 3 N–H and O–H groups in total. The average Bonchev–Trinajstić information content (AvgIpc) is 2.63. The highest BCUT2D eigenvalue weighted by atomic mass is 16.5. The summed E-state index contributed by atoms with van der Waals surface area (Å²) in [6.45, 7) is 4.37. The number of carbonyl (C=O) groups excluding carboxylic acids is 1. The Balaban J connectivity index is 2.42. The number of methoxy groups -OCH3 is 1. The summed E-state index contributed by atoms with van der Waals surface area (Å²) in [4.78, 5) is 11.8. The number of carbonyl (C=O) groups is 1. The molecule has 1 amide bonds. The first-order chi connectivity index (χ1) is 6.90. The minimum atomic E-state index is -0.635. The van der Waals surface area contributed by atoms with E-state index in [1.165, 1.54) is 0 Å². The van der Waals surface area contributed by atoms with Gasteiger partial charge in [0.05, 0.1) is 11.1 Å². The molecule has 1 aliphatic rings. The van der Waals surface area contributed by atoms with Gasteiger partial charge in [0.2, 0.25) is 5.91 Å². The minimum absolute atomic E-state index is 0.0369. The summed E-state index contributed by atoms with van der Waals surface area (Å²) >= 11 is 0. The molecule has 4 nitrogen and oxygen atoms in total. The molecule has 15 heavy (non-hydrogen) atoms. The Kier molecular flexibility index (Phi) is 3.73. The first-order valence-electron chi connectivity index (χ1n) is 5.52. The molecule has 0 spiro atoms. The molecule has 1 rings (SSSR count). The van der Waals surface area contributed by atoms with E-state index in [-0.39, 0.29) is 11.5 Å². The van der Waals surface area contributed by atoms with Crippen molar-refractivity contribution in [3.63, 3.8) is 0 Å². The van der Waals surface area contributed by atoms with E-state index >= 15 is 0 Å². The van der Waals surface area contributed by atoms with Crippen molar-refractivity contribution in [2.45, 2.75) is 50.7 Å². The number of hydrogen-bond acceptors (Lipinski definition) is 3. The van der Waals surface area contributed by atoms with Gasteiger partial charge in [0.15, 0.2) is 0 Å². The van der Waals surface area contributed by atoms with Gasteiger partial charge >= 0.3 is 0 Å². The van der Waals surface area contributed by atoms with Crippen molar-refractivity contribution < 1.29 is 9.53 Å². The zero-order valence-electron chi connectivity index (χ0n) is 9.93. The SMILES string of the molecule is COC(C)(C)CNC(=O)C1(N)CCCC1. The van der Waals surface area contributed by atoms with Crippen LogP contribution in [0.2, 0.25) is 0 Å². The van der Waals surface area contributed by atoms with Crippen LogP contribution in [-0.4, -0.2) is 30.7 Å². The molecule has 1 aliphatic carbocycles. The molecule has 0 unspecified atom stereocenters. The third kappa shape index (κ3) is 3.18. The summed E-state index contributed by atoms with van der Waals surface area (Å²) in [7, 11) is 1.64. The van der Waals surface area contributed by atoms with Crippen LogP contribution in [0.5, 0.6) is 0 Å². The maximum Gasteiger partial charge on any atom is 0.240 e. The molecule has 0 aromatic rings. The third-order valence-corrected chi connectivity index (χ3v) is 3.18. The molecule has 1 fully saturated rings. The number of rotatable bonds is 4. The van der Waals surface area contributed by atoms with E-state index < -0.39 is 5.54 Å². The third-order valence-electron chi connectivity index (χ3n) is 3.18. The molecular formula is C11H22N2O2. The van der Waals surface area contributed by atoms with Gasteiger partial charge in [-0.1, -0.05) is 12.8 Å². The Morgan fingerprint density at radius 1 is 1.47 bits per heavy atom. The van der Waals surface area contributed by atoms with Crippen LogP contribution >= 0.6 is 0 Å². The van der Waals surface area contributed by atoms with Crippen LogP contribution in [0.3, 0.4) is 0 Å². The van der Waals surface area contributed by atoms with E-state index in [0.29, 0.717) is 6.54 Å². The molecule has 4 heteroatoms. The lowest BCUT2D eigenvalue weighted by molar-refractivity contribution is -0.127. The van der Waals surface area contributed by atoms with Crippen LogP contribution in [0.4, 0.5) is 0 Å². The van der Waals surface area contributed by atoms with Gasteiger partial charge in [0.25, 0.3) is 0 Å². The maximum absolute atomic E-state index is 11.8. The maximum atomic E-state index is 11.8. The van der Waals surface area contributed by atoms with Gasteiger partial charge in [-0.25, -0.2) is 0 Å². The van der Waals surface area contributed by atoms with Crippen molar-refractivity contribution in [1.29, 1.82) is 0 Å². The molecule has 0 aromatic heterocycles. The highest BCUT2D eigenvalue weighted by Crippen LogP contribution is 2.27. The summed E-state index contributed by atoms with van der Waals surface area (Å²) in [6, 6.07) is 0. The normalized spacial score (nSPS) is 20.3. The Morgan fingerprint density at radius 3 is 2.47 bits per heavy atom. The van der Waals surface area contributed by atoms with Crippen LogP contribution in [0.1, 0.15) is 39.5 Å². The van der Waals surface area contributed by atoms with Gasteiger partial charge in [-0.3, -0.25) is 4.79 Å². The molecule has 0 atom stereocenters. The molecule has 0 radical (unpaired) electrons. The van der Waals surface area contributed by atoms with Crippen LogP contribution in [0.25, 0.3) is 0 Å². The van der Waals surface area contributed by atoms with Crippen LogP contribution in [0, 0.1) is 0 Å². The van der Waals surface area contributed by atoms with Crippen LogP contribution < -0.4 is 11.1 Å². The highest BCUT2D eigenvalue weighted by molar-refractivity contribution is 5.86. The molecule has 0 aliphatic heterocycles. The summed E-state index contributed by atoms with van der Waals surface area (Å²) in [6.07, 6.45) is 3.70. The van der Waals surface area contributed by atoms with Crippen molar-refractivity contribution in [1.82, 2.24) is 5.32 Å². The Morgan fingerprint density at radius 2 is 2.00 bits per heavy atom. The highest BCUT2D eigenvalue weighted by Gasteiger charge is 2.37. The van der Waals surface area contributed by atoms with E-state index in [4.69, 9.17) is 10.5 Å². The molecular weight excluding hydrogens is 192 g/mol. The Hall–Kier alpha value is -0.610. The lowest BCUT2D eigenvalue weighted by Gasteiger charge is -2.27. The van der Waals surface area contributed by atoms with Crippen LogP contribution in [0.15, 0.2) is 0 Å². The topological polar surface area (TPSA) is 64.3 Å². The zero-order valence-corrected chi connectivity index (χ0v) is 9.93. The lowest BCUT2D eigenvalue weighted by atomic mass is 9.97. The Labute approximate surface area is 91.5 Å². The fraction of sp³-hybridized carbons (Fsp3) is 0.909. The van der Waals surface area contributed by atoms with Crippen molar-refractivity contribution in [3.05, 3.63) is 0 Å². The molecule has 0 saturated heterocycles. The second-order valence-electron chi connectivity index (χ2n) is 5.01. The molecule has 0 heterocycles. The summed E-state index contributed by atoms with van der Waals surface area (Å²) in [5.74, 6) is -0.0369. The number of hydrogen-bond donors (Lipinski definition) is 2. The number of ether oxygens (including phenoxy) is 1. The average molecular weight is 214 g/mol. The number of nitrogens with one attached hydrogen (secondary N) is 1. The summed E-state index contributed by atoms with van der Waals surface area (Å²) in [5.41, 5.74) is 5.06. The molecule has 88 valence electrons. The summed E-state index contributed by atoms with van der Waals surface area (Å²) in [5, 5.41) is 2.87. The predicted octanol–water partition coefficient (Wildman–Crippen LogP) is 0.799. The Bertz CT molecular complexity index is 233. The largest absolute Gasteiger partial charge is 0.377 e. The number of nitrogens with two attached hydrogens (primary N) is 1. The van der Waals surface area contributed by atoms with Crippen molar-refractivity contribution >= 4 is 5.91 Å². The summed E-state index contributed by atoms with van der Waals surface area (Å²) < 4.78 is 5.23. The fourth-order valence-electron chi connectivity index (χ4n) is 1.77. The first kappa shape index (κ1) is 12.5. The minimum Gasteiger partial charge on any atom is -0.377 e. The van der Waals surface area contributed by atoms with E-state index in [1.54, 1.807) is 7.11 Å². The lowest BCUT2D eigenvalue weighted by Crippen LogP contribution is -2.54. The second kappa shape index (κ2) is 4.49. The smallest absolute Gasteiger partial charge is 0.240 e. The van der Waals surface area contributed by atoms with Gasteiger partial charge < -0.3 is 15.8 Å². The monoisotopic (exact) mass is 214 g/mol. The van der Waals surface area contributed by atoms with Gasteiger partial charge in [0, 0.05) is 13.7 Å². The van der Waals surface area contributed by atoms with E-state index in [2.05, 4.69) is 5.32 Å². The number of amides is 1. The second-order valence-corrected chi connectivity index (χ2v) is 5.01. The van der Waals surface area contributed by atoms with E-state index in [9.17, 15) is 4.79 Å². The van der Waals surface area contributed by atoms with Gasteiger partial charge in [-0.2, -0.15) is 0 Å². The van der Waals surface area contributed by atoms with Crippen molar-refractivity contribution in [3.8, 4) is 0 Å². The van der Waals surface area contributed by atoms with E-state index in [1.807, 2.05) is 13.8 Å². The van der Waals surface area contributed by atoms with Gasteiger partial charge in [-0.05, 0) is 26.7 Å². The zero-order chi connectivity index (χ0) is 11.5.